The fourth-order valence-electron chi connectivity index (χ4n) is 3.52. The van der Waals surface area contributed by atoms with Crippen LogP contribution in [-0.4, -0.2) is 48.4 Å². The van der Waals surface area contributed by atoms with Crippen LogP contribution < -0.4 is 5.32 Å². The van der Waals surface area contributed by atoms with E-state index >= 15 is 0 Å². The molecule has 0 aromatic heterocycles. The lowest BCUT2D eigenvalue weighted by atomic mass is 10.1. The first-order valence-corrected chi connectivity index (χ1v) is 9.76. The summed E-state index contributed by atoms with van der Waals surface area (Å²) in [6.07, 6.45) is -4.32. The average Bonchev–Trinajstić information content (AvgIpc) is 2.69. The number of carbonyl (C=O) groups excluding carboxylic acids is 1. The van der Waals surface area contributed by atoms with E-state index in [1.165, 1.54) is 12.1 Å². The Morgan fingerprint density at radius 1 is 1.00 bits per heavy atom. The number of alkyl halides is 3. The van der Waals surface area contributed by atoms with Gasteiger partial charge in [-0.2, -0.15) is 13.2 Å². The Morgan fingerprint density at radius 3 is 2.31 bits per heavy atom. The molecule has 0 unspecified atom stereocenters. The Hall–Kier alpha value is -2.38. The normalized spacial score (nSPS) is 17.1. The van der Waals surface area contributed by atoms with Crippen molar-refractivity contribution in [2.75, 3.05) is 32.7 Å². The number of halogens is 3. The summed E-state index contributed by atoms with van der Waals surface area (Å²) in [6, 6.07) is 15.2. The first-order valence-electron chi connectivity index (χ1n) is 9.76. The van der Waals surface area contributed by atoms with E-state index in [1.807, 2.05) is 37.3 Å². The highest BCUT2D eigenvalue weighted by atomic mass is 19.4. The molecule has 0 saturated carbocycles. The highest BCUT2D eigenvalue weighted by molar-refractivity contribution is 5.78. The molecule has 0 bridgehead atoms. The van der Waals surface area contributed by atoms with Crippen molar-refractivity contribution in [1.29, 1.82) is 0 Å². The zero-order valence-corrected chi connectivity index (χ0v) is 16.5. The molecule has 1 aliphatic rings. The van der Waals surface area contributed by atoms with Crippen LogP contribution in [0.15, 0.2) is 54.6 Å². The Balaban J connectivity index is 1.44. The number of carbonyl (C=O) groups is 1. The van der Waals surface area contributed by atoms with Crippen LogP contribution in [0.2, 0.25) is 0 Å². The quantitative estimate of drug-likeness (QED) is 0.796. The summed E-state index contributed by atoms with van der Waals surface area (Å²) >= 11 is 0. The largest absolute Gasteiger partial charge is 0.416 e. The van der Waals surface area contributed by atoms with E-state index in [0.717, 1.165) is 24.7 Å². The molecule has 1 aliphatic heterocycles. The van der Waals surface area contributed by atoms with Gasteiger partial charge >= 0.3 is 6.18 Å². The van der Waals surface area contributed by atoms with E-state index in [4.69, 9.17) is 0 Å². The average molecular weight is 405 g/mol. The van der Waals surface area contributed by atoms with Crippen molar-refractivity contribution in [2.24, 2.45) is 0 Å². The van der Waals surface area contributed by atoms with Gasteiger partial charge in [-0.1, -0.05) is 48.5 Å². The second-order valence-corrected chi connectivity index (χ2v) is 7.45. The monoisotopic (exact) mass is 405 g/mol. The standard InChI is InChI=1S/C22H26F3N3O/c1-17(19-7-3-2-4-8-19)26-21(29)16-28-12-10-27(11-13-28)15-18-6-5-9-20(14-18)22(23,24)25/h2-9,14,17H,10-13,15-16H2,1H3,(H,26,29)/t17-/m1/s1. The molecule has 2 aromatic carbocycles. The van der Waals surface area contributed by atoms with Gasteiger partial charge < -0.3 is 5.32 Å². The van der Waals surface area contributed by atoms with Crippen LogP contribution >= 0.6 is 0 Å². The number of hydrogen-bond acceptors (Lipinski definition) is 3. The van der Waals surface area contributed by atoms with Gasteiger partial charge in [-0.25, -0.2) is 0 Å². The molecule has 1 fully saturated rings. The molecule has 1 amide bonds. The Bertz CT molecular complexity index is 802. The van der Waals surface area contributed by atoms with E-state index in [-0.39, 0.29) is 11.9 Å². The SMILES string of the molecule is C[C@@H](NC(=O)CN1CCN(Cc2cccc(C(F)(F)F)c2)CC1)c1ccccc1. The number of amides is 1. The zero-order valence-electron chi connectivity index (χ0n) is 16.5. The topological polar surface area (TPSA) is 35.6 Å². The third kappa shape index (κ3) is 6.30. The van der Waals surface area contributed by atoms with Gasteiger partial charge in [-0.05, 0) is 24.1 Å². The van der Waals surface area contributed by atoms with Gasteiger partial charge in [0.1, 0.15) is 0 Å². The number of piperazine rings is 1. The lowest BCUT2D eigenvalue weighted by Crippen LogP contribution is -2.49. The smallest absolute Gasteiger partial charge is 0.348 e. The molecule has 29 heavy (non-hydrogen) atoms. The molecule has 2 aromatic rings. The van der Waals surface area contributed by atoms with Crippen molar-refractivity contribution in [3.05, 3.63) is 71.3 Å². The predicted octanol–water partition coefficient (Wildman–Crippen LogP) is 3.70. The maximum absolute atomic E-state index is 12.9. The van der Waals surface area contributed by atoms with Crippen LogP contribution in [0.25, 0.3) is 0 Å². The number of nitrogens with zero attached hydrogens (tertiary/aromatic N) is 2. The zero-order chi connectivity index (χ0) is 20.9. The summed E-state index contributed by atoms with van der Waals surface area (Å²) in [5.41, 5.74) is 1.10. The number of nitrogens with one attached hydrogen (secondary N) is 1. The van der Waals surface area contributed by atoms with Crippen LogP contribution in [0, 0.1) is 0 Å². The maximum Gasteiger partial charge on any atom is 0.416 e. The number of hydrogen-bond donors (Lipinski definition) is 1. The van der Waals surface area contributed by atoms with Gasteiger partial charge in [-0.3, -0.25) is 14.6 Å². The molecule has 3 rings (SSSR count). The summed E-state index contributed by atoms with van der Waals surface area (Å²) < 4.78 is 38.6. The van der Waals surface area contributed by atoms with E-state index in [2.05, 4.69) is 15.1 Å². The highest BCUT2D eigenvalue weighted by Crippen LogP contribution is 2.29. The van der Waals surface area contributed by atoms with Gasteiger partial charge in [-0.15, -0.1) is 0 Å². The molecule has 1 saturated heterocycles. The fraction of sp³-hybridized carbons (Fsp3) is 0.409. The van der Waals surface area contributed by atoms with Crippen molar-refractivity contribution in [2.45, 2.75) is 25.7 Å². The third-order valence-electron chi connectivity index (χ3n) is 5.17. The lowest BCUT2D eigenvalue weighted by molar-refractivity contribution is -0.137. The third-order valence-corrected chi connectivity index (χ3v) is 5.17. The van der Waals surface area contributed by atoms with Crippen LogP contribution in [0.1, 0.15) is 29.7 Å². The van der Waals surface area contributed by atoms with Crippen molar-refractivity contribution in [1.82, 2.24) is 15.1 Å². The van der Waals surface area contributed by atoms with Crippen molar-refractivity contribution < 1.29 is 18.0 Å². The summed E-state index contributed by atoms with van der Waals surface area (Å²) in [6.45, 7) is 5.64. The second kappa shape index (κ2) is 9.41. The first-order chi connectivity index (χ1) is 13.8. The van der Waals surface area contributed by atoms with Crippen LogP contribution in [-0.2, 0) is 17.5 Å². The molecule has 1 heterocycles. The van der Waals surface area contributed by atoms with E-state index in [9.17, 15) is 18.0 Å². The van der Waals surface area contributed by atoms with Crippen LogP contribution in [0.4, 0.5) is 13.2 Å². The van der Waals surface area contributed by atoms with E-state index < -0.39 is 11.7 Å². The predicted molar refractivity (Wildman–Crippen MR) is 106 cm³/mol. The van der Waals surface area contributed by atoms with Crippen molar-refractivity contribution in [3.8, 4) is 0 Å². The van der Waals surface area contributed by atoms with Crippen molar-refractivity contribution in [3.63, 3.8) is 0 Å². The molecule has 7 heteroatoms. The summed E-state index contributed by atoms with van der Waals surface area (Å²) in [5, 5.41) is 3.01. The second-order valence-electron chi connectivity index (χ2n) is 7.45. The molecule has 0 spiro atoms. The highest BCUT2D eigenvalue weighted by Gasteiger charge is 2.30. The molecule has 0 aliphatic carbocycles. The molecule has 4 nitrogen and oxygen atoms in total. The Kier molecular flexibility index (Phi) is 6.92. The number of benzene rings is 2. The molecular weight excluding hydrogens is 379 g/mol. The lowest BCUT2D eigenvalue weighted by Gasteiger charge is -2.34. The minimum Gasteiger partial charge on any atom is -0.348 e. The molecule has 156 valence electrons. The van der Waals surface area contributed by atoms with Gasteiger partial charge in [0.25, 0.3) is 0 Å². The summed E-state index contributed by atoms with van der Waals surface area (Å²) in [7, 11) is 0. The van der Waals surface area contributed by atoms with Crippen LogP contribution in [0.5, 0.6) is 0 Å². The van der Waals surface area contributed by atoms with Gasteiger partial charge in [0.15, 0.2) is 0 Å². The van der Waals surface area contributed by atoms with Crippen LogP contribution in [0.3, 0.4) is 0 Å². The molecule has 1 N–H and O–H groups in total. The molecule has 1 atom stereocenters. The minimum absolute atomic E-state index is 0.0207. The van der Waals surface area contributed by atoms with Gasteiger partial charge in [0, 0.05) is 32.7 Å². The van der Waals surface area contributed by atoms with Crippen molar-refractivity contribution >= 4 is 5.91 Å². The fourth-order valence-corrected chi connectivity index (χ4v) is 3.52. The van der Waals surface area contributed by atoms with Gasteiger partial charge in [0.05, 0.1) is 18.2 Å². The summed E-state index contributed by atoms with van der Waals surface area (Å²) in [5.74, 6) is -0.0207. The summed E-state index contributed by atoms with van der Waals surface area (Å²) in [4.78, 5) is 16.5. The van der Waals surface area contributed by atoms with E-state index in [0.29, 0.717) is 31.7 Å². The first kappa shape index (κ1) is 21.3. The molecular formula is C22H26F3N3O. The number of rotatable bonds is 6. The molecule has 0 radical (unpaired) electrons. The van der Waals surface area contributed by atoms with E-state index in [1.54, 1.807) is 6.07 Å². The minimum atomic E-state index is -4.32. The maximum atomic E-state index is 12.9. The Morgan fingerprint density at radius 2 is 1.66 bits per heavy atom. The Labute approximate surface area is 169 Å². The van der Waals surface area contributed by atoms with Gasteiger partial charge in [0.2, 0.25) is 5.91 Å².